The molecule has 2 N–H and O–H groups in total. The van der Waals surface area contributed by atoms with Crippen LogP contribution < -0.4 is 5.73 Å². The highest BCUT2D eigenvalue weighted by Crippen LogP contribution is 2.24. The van der Waals surface area contributed by atoms with Gasteiger partial charge in [0.25, 0.3) is 5.91 Å². The second kappa shape index (κ2) is 6.72. The van der Waals surface area contributed by atoms with Gasteiger partial charge in [0.15, 0.2) is 0 Å². The van der Waals surface area contributed by atoms with E-state index < -0.39 is 5.54 Å². The fraction of sp³-hybridized carbons (Fsp3) is 0.615. The summed E-state index contributed by atoms with van der Waals surface area (Å²) in [6.07, 6.45) is 0.670. The van der Waals surface area contributed by atoms with Gasteiger partial charge < -0.3 is 15.5 Å². The number of thiazole rings is 1. The molecule has 0 aliphatic carbocycles. The van der Waals surface area contributed by atoms with Gasteiger partial charge in [-0.3, -0.25) is 9.59 Å². The fourth-order valence-electron chi connectivity index (χ4n) is 2.35. The van der Waals surface area contributed by atoms with Gasteiger partial charge in [0, 0.05) is 31.9 Å². The van der Waals surface area contributed by atoms with Crippen LogP contribution in [-0.4, -0.2) is 58.8 Å². The standard InChI is InChI=1S/C13H20N4O2S.ClH/c1-13(2)12(19)16(3)6-7-17(13)11(18)9-8-20-10(15-9)4-5-14;/h8H,4-7,14H2,1-3H3;1H. The lowest BCUT2D eigenvalue weighted by molar-refractivity contribution is -0.144. The molecule has 0 bridgehead atoms. The van der Waals surface area contributed by atoms with E-state index in [2.05, 4.69) is 4.98 Å². The van der Waals surface area contributed by atoms with Crippen molar-refractivity contribution >= 4 is 35.6 Å². The highest BCUT2D eigenvalue weighted by molar-refractivity contribution is 7.09. The van der Waals surface area contributed by atoms with Gasteiger partial charge in [-0.25, -0.2) is 4.98 Å². The van der Waals surface area contributed by atoms with Crippen molar-refractivity contribution in [2.45, 2.75) is 25.8 Å². The molecule has 6 nitrogen and oxygen atoms in total. The molecule has 1 aliphatic rings. The number of nitrogens with two attached hydrogens (primary N) is 1. The number of piperazine rings is 1. The van der Waals surface area contributed by atoms with Crippen LogP contribution in [0.2, 0.25) is 0 Å². The lowest BCUT2D eigenvalue weighted by atomic mass is 9.97. The number of carbonyl (C=O) groups is 2. The Kier molecular flexibility index (Phi) is 5.72. The summed E-state index contributed by atoms with van der Waals surface area (Å²) < 4.78 is 0. The van der Waals surface area contributed by atoms with E-state index in [1.165, 1.54) is 11.3 Å². The lowest BCUT2D eigenvalue weighted by Gasteiger charge is -2.44. The molecule has 0 aromatic carbocycles. The second-order valence-corrected chi connectivity index (χ2v) is 6.35. The maximum atomic E-state index is 12.6. The van der Waals surface area contributed by atoms with E-state index >= 15 is 0 Å². The zero-order valence-corrected chi connectivity index (χ0v) is 14.1. The molecule has 0 radical (unpaired) electrons. The van der Waals surface area contributed by atoms with Crippen molar-refractivity contribution in [2.75, 3.05) is 26.7 Å². The Morgan fingerprint density at radius 1 is 1.48 bits per heavy atom. The normalized spacial score (nSPS) is 17.6. The van der Waals surface area contributed by atoms with Crippen LogP contribution in [0, 0.1) is 0 Å². The molecule has 2 rings (SSSR count). The lowest BCUT2D eigenvalue weighted by Crippen LogP contribution is -2.63. The monoisotopic (exact) mass is 332 g/mol. The minimum absolute atomic E-state index is 0. The third kappa shape index (κ3) is 3.36. The van der Waals surface area contributed by atoms with Crippen LogP contribution >= 0.6 is 23.7 Å². The highest BCUT2D eigenvalue weighted by Gasteiger charge is 2.43. The zero-order chi connectivity index (χ0) is 14.9. The van der Waals surface area contributed by atoms with Crippen LogP contribution in [0.15, 0.2) is 5.38 Å². The van der Waals surface area contributed by atoms with Crippen molar-refractivity contribution in [3.8, 4) is 0 Å². The average Bonchev–Trinajstić information content (AvgIpc) is 2.85. The van der Waals surface area contributed by atoms with Crippen LogP contribution in [0.3, 0.4) is 0 Å². The molecule has 1 aliphatic heterocycles. The highest BCUT2D eigenvalue weighted by atomic mass is 35.5. The summed E-state index contributed by atoms with van der Waals surface area (Å²) in [6, 6.07) is 0. The maximum absolute atomic E-state index is 12.6. The molecule has 1 aromatic heterocycles. The summed E-state index contributed by atoms with van der Waals surface area (Å²) in [6.45, 7) is 5.14. The van der Waals surface area contributed by atoms with Crippen molar-refractivity contribution in [3.63, 3.8) is 0 Å². The molecule has 21 heavy (non-hydrogen) atoms. The minimum Gasteiger partial charge on any atom is -0.342 e. The van der Waals surface area contributed by atoms with E-state index in [-0.39, 0.29) is 24.2 Å². The summed E-state index contributed by atoms with van der Waals surface area (Å²) in [5.74, 6) is -0.231. The first kappa shape index (κ1) is 17.9. The number of carbonyl (C=O) groups excluding carboxylic acids is 2. The molecular weight excluding hydrogens is 312 g/mol. The Balaban J connectivity index is 0.00000220. The molecule has 0 saturated carbocycles. The fourth-order valence-corrected chi connectivity index (χ4v) is 3.14. The van der Waals surface area contributed by atoms with Crippen molar-refractivity contribution in [3.05, 3.63) is 16.1 Å². The molecule has 1 fully saturated rings. The Bertz CT molecular complexity index is 532. The predicted octanol–water partition coefficient (Wildman–Crippen LogP) is 0.759. The number of hydrogen-bond acceptors (Lipinski definition) is 5. The van der Waals surface area contributed by atoms with Gasteiger partial charge in [0.1, 0.15) is 11.2 Å². The van der Waals surface area contributed by atoms with Gasteiger partial charge in [-0.15, -0.1) is 23.7 Å². The molecule has 118 valence electrons. The Hall–Kier alpha value is -1.18. The number of hydrogen-bond donors (Lipinski definition) is 1. The molecule has 2 amide bonds. The molecule has 8 heteroatoms. The van der Waals surface area contributed by atoms with E-state index in [1.54, 1.807) is 36.1 Å². The van der Waals surface area contributed by atoms with Gasteiger partial charge in [0.05, 0.1) is 5.01 Å². The predicted molar refractivity (Wildman–Crippen MR) is 84.9 cm³/mol. The van der Waals surface area contributed by atoms with E-state index in [0.717, 1.165) is 5.01 Å². The van der Waals surface area contributed by atoms with E-state index in [9.17, 15) is 9.59 Å². The quantitative estimate of drug-likeness (QED) is 0.886. The summed E-state index contributed by atoms with van der Waals surface area (Å²) in [4.78, 5) is 32.3. The molecule has 0 atom stereocenters. The third-order valence-corrected chi connectivity index (χ3v) is 4.49. The Morgan fingerprint density at radius 3 is 2.76 bits per heavy atom. The number of likely N-dealkylation sites (N-methyl/N-ethyl adjacent to an activating group) is 1. The molecule has 0 unspecified atom stereocenters. The molecule has 0 spiro atoms. The molecule has 1 saturated heterocycles. The SMILES string of the molecule is CN1CCN(C(=O)c2csc(CCN)n2)C(C)(C)C1=O.Cl. The summed E-state index contributed by atoms with van der Waals surface area (Å²) in [7, 11) is 1.76. The number of nitrogens with zero attached hydrogens (tertiary/aromatic N) is 3. The minimum atomic E-state index is -0.832. The maximum Gasteiger partial charge on any atom is 0.274 e. The van der Waals surface area contributed by atoms with Crippen LogP contribution in [0.4, 0.5) is 0 Å². The second-order valence-electron chi connectivity index (χ2n) is 5.41. The first-order valence-electron chi connectivity index (χ1n) is 6.60. The van der Waals surface area contributed by atoms with Crippen molar-refractivity contribution in [1.29, 1.82) is 0 Å². The van der Waals surface area contributed by atoms with Gasteiger partial charge in [-0.1, -0.05) is 0 Å². The van der Waals surface area contributed by atoms with E-state index in [0.29, 0.717) is 31.7 Å². The first-order valence-corrected chi connectivity index (χ1v) is 7.48. The number of rotatable bonds is 3. The van der Waals surface area contributed by atoms with Gasteiger partial charge in [0.2, 0.25) is 5.91 Å². The van der Waals surface area contributed by atoms with Crippen molar-refractivity contribution < 1.29 is 9.59 Å². The van der Waals surface area contributed by atoms with Crippen LogP contribution in [0.5, 0.6) is 0 Å². The molecular formula is C13H21ClN4O2S. The number of aromatic nitrogens is 1. The Morgan fingerprint density at radius 2 is 2.14 bits per heavy atom. The van der Waals surface area contributed by atoms with Crippen molar-refractivity contribution in [2.24, 2.45) is 5.73 Å². The van der Waals surface area contributed by atoms with Crippen LogP contribution in [0.1, 0.15) is 29.3 Å². The zero-order valence-electron chi connectivity index (χ0n) is 12.5. The summed E-state index contributed by atoms with van der Waals surface area (Å²) >= 11 is 1.43. The molecule has 1 aromatic rings. The Labute approximate surface area is 134 Å². The largest absolute Gasteiger partial charge is 0.342 e. The topological polar surface area (TPSA) is 79.5 Å². The average molecular weight is 333 g/mol. The van der Waals surface area contributed by atoms with E-state index in [4.69, 9.17) is 5.73 Å². The third-order valence-electron chi connectivity index (χ3n) is 3.58. The first-order chi connectivity index (χ1) is 9.37. The number of halogens is 1. The van der Waals surface area contributed by atoms with Crippen LogP contribution in [0.25, 0.3) is 0 Å². The van der Waals surface area contributed by atoms with Gasteiger partial charge in [-0.2, -0.15) is 0 Å². The summed E-state index contributed by atoms with van der Waals surface area (Å²) in [5.41, 5.74) is 5.06. The number of amides is 2. The van der Waals surface area contributed by atoms with Gasteiger partial charge in [-0.05, 0) is 20.4 Å². The summed E-state index contributed by atoms with van der Waals surface area (Å²) in [5, 5.41) is 2.60. The van der Waals surface area contributed by atoms with E-state index in [1.807, 2.05) is 0 Å². The van der Waals surface area contributed by atoms with Gasteiger partial charge >= 0.3 is 0 Å². The van der Waals surface area contributed by atoms with Crippen molar-refractivity contribution in [1.82, 2.24) is 14.8 Å². The van der Waals surface area contributed by atoms with Crippen LogP contribution in [-0.2, 0) is 11.2 Å². The molecule has 2 heterocycles. The smallest absolute Gasteiger partial charge is 0.274 e.